The van der Waals surface area contributed by atoms with Crippen LogP contribution in [-0.4, -0.2) is 42.0 Å². The van der Waals surface area contributed by atoms with Gasteiger partial charge in [0.2, 0.25) is 5.91 Å². The van der Waals surface area contributed by atoms with Crippen LogP contribution in [0.25, 0.3) is 0 Å². The molecule has 1 fully saturated rings. The fourth-order valence-electron chi connectivity index (χ4n) is 3.03. The number of thioether (sulfide) groups is 1. The Hall–Kier alpha value is -1.99. The standard InChI is InChI=1S/C21H23BrN2O3S/c1-4-11-24-20(25)19(13-14-12-15(22)5-10-18(14)27-3)28-21(24)23-16-6-8-17(26-2)9-7-16/h5-10,12,19H,4,11,13H2,1-3H3/t19-/m1/s1. The molecule has 1 saturated heterocycles. The summed E-state index contributed by atoms with van der Waals surface area (Å²) >= 11 is 5.02. The minimum atomic E-state index is -0.216. The Labute approximate surface area is 178 Å². The number of benzene rings is 2. The summed E-state index contributed by atoms with van der Waals surface area (Å²) in [6.07, 6.45) is 1.47. The molecule has 0 saturated carbocycles. The number of rotatable bonds is 7. The van der Waals surface area contributed by atoms with E-state index in [0.717, 1.165) is 38.8 Å². The van der Waals surface area contributed by atoms with Crippen LogP contribution in [0.1, 0.15) is 18.9 Å². The first-order valence-electron chi connectivity index (χ1n) is 9.09. The van der Waals surface area contributed by atoms with Gasteiger partial charge >= 0.3 is 0 Å². The Kier molecular flexibility index (Phi) is 7.02. The zero-order valence-electron chi connectivity index (χ0n) is 16.1. The van der Waals surface area contributed by atoms with E-state index in [-0.39, 0.29) is 11.2 Å². The lowest BCUT2D eigenvalue weighted by Crippen LogP contribution is -2.33. The lowest BCUT2D eigenvalue weighted by Gasteiger charge is -2.15. The third kappa shape index (κ3) is 4.70. The molecule has 0 aliphatic carbocycles. The summed E-state index contributed by atoms with van der Waals surface area (Å²) < 4.78 is 11.6. The molecule has 1 aliphatic rings. The van der Waals surface area contributed by atoms with Crippen LogP contribution in [0.4, 0.5) is 5.69 Å². The topological polar surface area (TPSA) is 51.1 Å². The number of amidine groups is 1. The number of hydrogen-bond acceptors (Lipinski definition) is 5. The molecule has 7 heteroatoms. The Morgan fingerprint density at radius 1 is 1.14 bits per heavy atom. The number of hydrogen-bond donors (Lipinski definition) is 0. The predicted octanol–water partition coefficient (Wildman–Crippen LogP) is 5.05. The van der Waals surface area contributed by atoms with Crippen LogP contribution in [0.3, 0.4) is 0 Å². The zero-order chi connectivity index (χ0) is 20.1. The van der Waals surface area contributed by atoms with Crippen molar-refractivity contribution < 1.29 is 14.3 Å². The van der Waals surface area contributed by atoms with Crippen molar-refractivity contribution in [3.8, 4) is 11.5 Å². The molecular weight excluding hydrogens is 440 g/mol. The van der Waals surface area contributed by atoms with Gasteiger partial charge in [0.1, 0.15) is 11.5 Å². The van der Waals surface area contributed by atoms with Crippen molar-refractivity contribution in [2.45, 2.75) is 25.0 Å². The fraction of sp³-hybridized carbons (Fsp3) is 0.333. The number of methoxy groups -OCH3 is 2. The number of nitrogens with zero attached hydrogens (tertiary/aromatic N) is 2. The van der Waals surface area contributed by atoms with Crippen molar-refractivity contribution in [2.75, 3.05) is 20.8 Å². The van der Waals surface area contributed by atoms with Gasteiger partial charge in [-0.05, 0) is 60.9 Å². The Morgan fingerprint density at radius 2 is 1.89 bits per heavy atom. The molecule has 1 heterocycles. The van der Waals surface area contributed by atoms with E-state index < -0.39 is 0 Å². The molecule has 0 spiro atoms. The van der Waals surface area contributed by atoms with E-state index in [4.69, 9.17) is 14.5 Å². The third-order valence-electron chi connectivity index (χ3n) is 4.41. The molecule has 0 radical (unpaired) electrons. The third-order valence-corrected chi connectivity index (χ3v) is 6.08. The van der Waals surface area contributed by atoms with Gasteiger partial charge in [-0.1, -0.05) is 34.6 Å². The second-order valence-electron chi connectivity index (χ2n) is 6.35. The average Bonchev–Trinajstić information content (AvgIpc) is 2.98. The maximum Gasteiger partial charge on any atom is 0.242 e. The number of amides is 1. The molecule has 1 amide bonds. The predicted molar refractivity (Wildman–Crippen MR) is 118 cm³/mol. The van der Waals surface area contributed by atoms with E-state index in [1.807, 2.05) is 42.5 Å². The van der Waals surface area contributed by atoms with Crippen LogP contribution in [0.5, 0.6) is 11.5 Å². The highest BCUT2D eigenvalue weighted by Gasteiger charge is 2.37. The maximum atomic E-state index is 13.0. The summed E-state index contributed by atoms with van der Waals surface area (Å²) in [6, 6.07) is 13.4. The number of ether oxygens (including phenoxy) is 2. The van der Waals surface area contributed by atoms with Crippen LogP contribution < -0.4 is 9.47 Å². The van der Waals surface area contributed by atoms with E-state index in [2.05, 4.69) is 22.9 Å². The number of halogens is 1. The van der Waals surface area contributed by atoms with E-state index in [1.165, 1.54) is 11.8 Å². The molecule has 3 rings (SSSR count). The number of carbonyl (C=O) groups excluding carboxylic acids is 1. The van der Waals surface area contributed by atoms with Gasteiger partial charge in [-0.3, -0.25) is 9.69 Å². The summed E-state index contributed by atoms with van der Waals surface area (Å²) in [5.74, 6) is 1.67. The normalized spacial score (nSPS) is 18.0. The van der Waals surface area contributed by atoms with Gasteiger partial charge in [-0.2, -0.15) is 0 Å². The minimum Gasteiger partial charge on any atom is -0.497 e. The monoisotopic (exact) mass is 462 g/mol. The largest absolute Gasteiger partial charge is 0.497 e. The van der Waals surface area contributed by atoms with Crippen LogP contribution in [0, 0.1) is 0 Å². The van der Waals surface area contributed by atoms with E-state index in [9.17, 15) is 4.79 Å². The van der Waals surface area contributed by atoms with E-state index in [0.29, 0.717) is 13.0 Å². The van der Waals surface area contributed by atoms with Gasteiger partial charge < -0.3 is 9.47 Å². The van der Waals surface area contributed by atoms with Gasteiger partial charge in [0.25, 0.3) is 0 Å². The van der Waals surface area contributed by atoms with Gasteiger partial charge in [0, 0.05) is 11.0 Å². The quantitative estimate of drug-likeness (QED) is 0.577. The minimum absolute atomic E-state index is 0.0983. The first-order chi connectivity index (χ1) is 13.5. The first kappa shape index (κ1) is 20.7. The second kappa shape index (κ2) is 9.47. The van der Waals surface area contributed by atoms with E-state index in [1.54, 1.807) is 19.1 Å². The lowest BCUT2D eigenvalue weighted by molar-refractivity contribution is -0.126. The highest BCUT2D eigenvalue weighted by molar-refractivity contribution is 9.10. The Bertz CT molecular complexity index is 870. The van der Waals surface area contributed by atoms with Gasteiger partial charge in [0.15, 0.2) is 5.17 Å². The van der Waals surface area contributed by atoms with Crippen molar-refractivity contribution in [3.63, 3.8) is 0 Å². The Morgan fingerprint density at radius 3 is 2.54 bits per heavy atom. The Balaban J connectivity index is 1.85. The highest BCUT2D eigenvalue weighted by Crippen LogP contribution is 2.34. The molecule has 0 N–H and O–H groups in total. The van der Waals surface area contributed by atoms with Crippen molar-refractivity contribution in [1.29, 1.82) is 0 Å². The fourth-order valence-corrected chi connectivity index (χ4v) is 4.65. The van der Waals surface area contributed by atoms with Crippen molar-refractivity contribution in [3.05, 3.63) is 52.5 Å². The van der Waals surface area contributed by atoms with E-state index >= 15 is 0 Å². The molecule has 28 heavy (non-hydrogen) atoms. The van der Waals surface area contributed by atoms with Crippen molar-refractivity contribution in [2.24, 2.45) is 4.99 Å². The number of carbonyl (C=O) groups is 1. The van der Waals surface area contributed by atoms with Crippen LogP contribution in [0.15, 0.2) is 51.9 Å². The smallest absolute Gasteiger partial charge is 0.242 e. The van der Waals surface area contributed by atoms with Crippen LogP contribution >= 0.6 is 27.7 Å². The summed E-state index contributed by atoms with van der Waals surface area (Å²) in [4.78, 5) is 19.6. The molecule has 0 aromatic heterocycles. The lowest BCUT2D eigenvalue weighted by atomic mass is 10.1. The molecule has 1 aliphatic heterocycles. The summed E-state index contributed by atoms with van der Waals surface area (Å²) in [7, 11) is 3.28. The highest BCUT2D eigenvalue weighted by atomic mass is 79.9. The average molecular weight is 463 g/mol. The summed E-state index contributed by atoms with van der Waals surface area (Å²) in [5.41, 5.74) is 1.81. The number of aliphatic imine (C=N–C) groups is 1. The summed E-state index contributed by atoms with van der Waals surface area (Å²) in [6.45, 7) is 2.72. The zero-order valence-corrected chi connectivity index (χ0v) is 18.5. The van der Waals surface area contributed by atoms with Crippen LogP contribution in [-0.2, 0) is 11.2 Å². The van der Waals surface area contributed by atoms with Gasteiger partial charge in [0.05, 0.1) is 25.2 Å². The van der Waals surface area contributed by atoms with Crippen molar-refractivity contribution in [1.82, 2.24) is 4.90 Å². The maximum absolute atomic E-state index is 13.0. The molecule has 5 nitrogen and oxygen atoms in total. The first-order valence-corrected chi connectivity index (χ1v) is 10.8. The molecule has 1 atom stereocenters. The van der Waals surface area contributed by atoms with Gasteiger partial charge in [-0.15, -0.1) is 0 Å². The van der Waals surface area contributed by atoms with Crippen LogP contribution in [0.2, 0.25) is 0 Å². The molecule has 0 bridgehead atoms. The van der Waals surface area contributed by atoms with Gasteiger partial charge in [-0.25, -0.2) is 4.99 Å². The second-order valence-corrected chi connectivity index (χ2v) is 8.43. The molecular formula is C21H23BrN2O3S. The molecule has 0 unspecified atom stereocenters. The SMILES string of the molecule is CCCN1C(=O)[C@@H](Cc2cc(Br)ccc2OC)SC1=Nc1ccc(OC)cc1. The molecule has 148 valence electrons. The molecule has 2 aromatic rings. The summed E-state index contributed by atoms with van der Waals surface area (Å²) in [5, 5.41) is 0.530. The molecule has 2 aromatic carbocycles. The van der Waals surface area contributed by atoms with Crippen molar-refractivity contribution >= 4 is 44.5 Å².